The highest BCUT2D eigenvalue weighted by atomic mass is 16.6. The molecule has 12 heteroatoms. The number of nitrogen functional groups attached to an aromatic ring is 1. The minimum Gasteiger partial charge on any atom is -0.393 e. The van der Waals surface area contributed by atoms with Crippen LogP contribution in [0.5, 0.6) is 0 Å². The first-order valence-corrected chi connectivity index (χ1v) is 7.31. The zero-order valence-corrected chi connectivity index (χ0v) is 13.1. The van der Waals surface area contributed by atoms with Gasteiger partial charge < -0.3 is 26.4 Å². The maximum Gasteiger partial charge on any atom is 0.251 e. The lowest BCUT2D eigenvalue weighted by atomic mass is 9.93. The first kappa shape index (κ1) is 16.9. The number of nitrogens with zero attached hydrogens (tertiary/aromatic N) is 6. The van der Waals surface area contributed by atoms with Crippen molar-refractivity contribution in [1.82, 2.24) is 14.6 Å². The van der Waals surface area contributed by atoms with Gasteiger partial charge in [-0.3, -0.25) is 4.79 Å². The predicted molar refractivity (Wildman–Crippen MR) is 83.9 cm³/mol. The summed E-state index contributed by atoms with van der Waals surface area (Å²) in [5, 5.41) is 27.7. The van der Waals surface area contributed by atoms with Crippen LogP contribution in [-0.4, -0.2) is 49.2 Å². The fourth-order valence-corrected chi connectivity index (χ4v) is 3.05. The molecule has 1 aliphatic rings. The van der Waals surface area contributed by atoms with Crippen molar-refractivity contribution in [3.8, 4) is 0 Å². The van der Waals surface area contributed by atoms with Crippen LogP contribution in [0.15, 0.2) is 17.5 Å². The number of nitrogens with two attached hydrogens (primary N) is 2. The lowest BCUT2D eigenvalue weighted by Crippen LogP contribution is -2.37. The molecule has 132 valence electrons. The third-order valence-electron chi connectivity index (χ3n) is 4.47. The van der Waals surface area contributed by atoms with E-state index in [-0.39, 0.29) is 22.6 Å². The Labute approximate surface area is 140 Å². The zero-order chi connectivity index (χ0) is 18.4. The molecule has 1 amide bonds. The quantitative estimate of drug-likeness (QED) is 0.323. The van der Waals surface area contributed by atoms with Crippen LogP contribution in [0, 0.1) is 5.92 Å². The zero-order valence-electron chi connectivity index (χ0n) is 13.1. The first-order chi connectivity index (χ1) is 11.9. The number of ether oxygens (including phenoxy) is 1. The number of amides is 1. The van der Waals surface area contributed by atoms with Crippen LogP contribution in [0.3, 0.4) is 0 Å². The van der Waals surface area contributed by atoms with E-state index >= 15 is 0 Å². The second-order valence-electron chi connectivity index (χ2n) is 5.76. The summed E-state index contributed by atoms with van der Waals surface area (Å²) in [4.78, 5) is 18.2. The van der Waals surface area contributed by atoms with Gasteiger partial charge >= 0.3 is 0 Å². The third kappa shape index (κ3) is 2.36. The lowest BCUT2D eigenvalue weighted by molar-refractivity contribution is -0.0882. The lowest BCUT2D eigenvalue weighted by Gasteiger charge is -2.24. The summed E-state index contributed by atoms with van der Waals surface area (Å²) in [5.74, 6) is -1.45. The highest BCUT2D eigenvalue weighted by Crippen LogP contribution is 2.45. The van der Waals surface area contributed by atoms with Crippen molar-refractivity contribution < 1.29 is 19.7 Å². The SMILES string of the molecule is C[C@H]1[C@H](O)[C@H](c2cc(C(N)=O)c3c(N)ncnn23)O[C@@]1(CO)N=[N+]=[N-]. The molecule has 3 heterocycles. The van der Waals surface area contributed by atoms with Crippen molar-refractivity contribution in [3.63, 3.8) is 0 Å². The van der Waals surface area contributed by atoms with Gasteiger partial charge in [0.05, 0.1) is 24.0 Å². The van der Waals surface area contributed by atoms with Gasteiger partial charge in [0.2, 0.25) is 0 Å². The molecule has 3 rings (SSSR count). The number of hydrogen-bond donors (Lipinski definition) is 4. The van der Waals surface area contributed by atoms with Gasteiger partial charge in [0.15, 0.2) is 11.5 Å². The number of azide groups is 1. The molecule has 4 atom stereocenters. The number of carbonyl (C=O) groups excluding carboxylic acids is 1. The second kappa shape index (κ2) is 5.86. The molecule has 0 unspecified atom stereocenters. The molecule has 2 aromatic heterocycles. The van der Waals surface area contributed by atoms with Gasteiger partial charge in [-0.25, -0.2) is 9.50 Å². The average molecular weight is 348 g/mol. The largest absolute Gasteiger partial charge is 0.393 e. The van der Waals surface area contributed by atoms with E-state index in [1.165, 1.54) is 16.9 Å². The van der Waals surface area contributed by atoms with Crippen LogP contribution in [0.2, 0.25) is 0 Å². The number of hydrogen-bond acceptors (Lipinski definition) is 8. The molecule has 25 heavy (non-hydrogen) atoms. The fraction of sp³-hybridized carbons (Fsp3) is 0.462. The summed E-state index contributed by atoms with van der Waals surface area (Å²) in [7, 11) is 0. The van der Waals surface area contributed by atoms with E-state index in [0.29, 0.717) is 0 Å². The summed E-state index contributed by atoms with van der Waals surface area (Å²) in [6.45, 7) is 0.943. The summed E-state index contributed by atoms with van der Waals surface area (Å²) in [5.41, 5.74) is 18.8. The van der Waals surface area contributed by atoms with Crippen molar-refractivity contribution in [2.24, 2.45) is 16.8 Å². The number of aliphatic hydroxyl groups excluding tert-OH is 2. The average Bonchev–Trinajstić information content (AvgIpc) is 3.08. The van der Waals surface area contributed by atoms with Crippen LogP contribution in [0.25, 0.3) is 16.0 Å². The molecule has 1 saturated heterocycles. The number of primary amides is 1. The molecule has 0 aliphatic carbocycles. The number of fused-ring (bicyclic) bond motifs is 1. The maximum absolute atomic E-state index is 11.7. The van der Waals surface area contributed by atoms with Crippen LogP contribution >= 0.6 is 0 Å². The molecule has 1 fully saturated rings. The smallest absolute Gasteiger partial charge is 0.251 e. The van der Waals surface area contributed by atoms with Crippen molar-refractivity contribution in [2.45, 2.75) is 24.9 Å². The van der Waals surface area contributed by atoms with Crippen molar-refractivity contribution in [2.75, 3.05) is 12.3 Å². The maximum atomic E-state index is 11.7. The number of anilines is 1. The Bertz CT molecular complexity index is 892. The molecule has 0 bridgehead atoms. The van der Waals surface area contributed by atoms with E-state index in [1.807, 2.05) is 0 Å². The van der Waals surface area contributed by atoms with Crippen LogP contribution < -0.4 is 11.5 Å². The Balaban J connectivity index is 2.19. The van der Waals surface area contributed by atoms with Gasteiger partial charge in [-0.05, 0) is 11.6 Å². The summed E-state index contributed by atoms with van der Waals surface area (Å²) in [6, 6.07) is 1.38. The highest BCUT2D eigenvalue weighted by Gasteiger charge is 2.53. The molecule has 0 aromatic carbocycles. The van der Waals surface area contributed by atoms with Gasteiger partial charge in [0.25, 0.3) is 5.91 Å². The van der Waals surface area contributed by atoms with Crippen molar-refractivity contribution in [3.05, 3.63) is 34.1 Å². The summed E-state index contributed by atoms with van der Waals surface area (Å²) < 4.78 is 6.98. The summed E-state index contributed by atoms with van der Waals surface area (Å²) >= 11 is 0. The Morgan fingerprint density at radius 1 is 1.64 bits per heavy atom. The molecule has 0 saturated carbocycles. The second-order valence-corrected chi connectivity index (χ2v) is 5.76. The number of aliphatic hydroxyl groups is 2. The normalized spacial score (nSPS) is 28.8. The number of carbonyl (C=O) groups is 1. The van der Waals surface area contributed by atoms with Crippen LogP contribution in [0.4, 0.5) is 5.82 Å². The monoisotopic (exact) mass is 348 g/mol. The van der Waals surface area contributed by atoms with Gasteiger partial charge in [0.1, 0.15) is 17.9 Å². The van der Waals surface area contributed by atoms with E-state index in [2.05, 4.69) is 20.1 Å². The molecule has 12 nitrogen and oxygen atoms in total. The standard InChI is InChI=1S/C13H16N8O4/c1-5-9(23)10(25-13(5,3-22)19-20-16)7-2-6(12(15)24)8-11(14)17-4-18-21(7)8/h2,4-5,9-10,22-23H,3H2,1H3,(H2,15,24)(H2,14,17,18)/t5-,9-,10-,13+/m0/s1. The molecular formula is C13H16N8O4. The van der Waals surface area contributed by atoms with E-state index in [9.17, 15) is 15.0 Å². The summed E-state index contributed by atoms with van der Waals surface area (Å²) in [6.07, 6.45) is -1.01. The van der Waals surface area contributed by atoms with Gasteiger partial charge in [-0.2, -0.15) is 5.10 Å². The Morgan fingerprint density at radius 2 is 2.36 bits per heavy atom. The van der Waals surface area contributed by atoms with Crippen LogP contribution in [-0.2, 0) is 4.74 Å². The minimum atomic E-state index is -1.64. The predicted octanol–water partition coefficient (Wildman–Crippen LogP) is -0.522. The first-order valence-electron chi connectivity index (χ1n) is 7.31. The highest BCUT2D eigenvalue weighted by molar-refractivity contribution is 6.02. The Kier molecular flexibility index (Phi) is 3.97. The minimum absolute atomic E-state index is 0.0269. The Morgan fingerprint density at radius 3 is 2.96 bits per heavy atom. The van der Waals surface area contributed by atoms with Gasteiger partial charge in [-0.1, -0.05) is 12.0 Å². The van der Waals surface area contributed by atoms with E-state index in [1.54, 1.807) is 6.92 Å². The van der Waals surface area contributed by atoms with Gasteiger partial charge in [-0.15, -0.1) is 0 Å². The fourth-order valence-electron chi connectivity index (χ4n) is 3.05. The number of aromatic nitrogens is 3. The van der Waals surface area contributed by atoms with E-state index in [4.69, 9.17) is 21.7 Å². The molecule has 0 spiro atoms. The Hall–Kier alpha value is -2.92. The molecule has 1 aliphatic heterocycles. The molecular weight excluding hydrogens is 332 g/mol. The molecule has 0 radical (unpaired) electrons. The van der Waals surface area contributed by atoms with Crippen molar-refractivity contribution >= 4 is 17.2 Å². The number of rotatable bonds is 4. The topological polar surface area (TPSA) is 198 Å². The third-order valence-corrected chi connectivity index (χ3v) is 4.47. The van der Waals surface area contributed by atoms with Gasteiger partial charge in [0, 0.05) is 10.8 Å². The van der Waals surface area contributed by atoms with Crippen LogP contribution in [0.1, 0.15) is 29.1 Å². The van der Waals surface area contributed by atoms with E-state index in [0.717, 1.165) is 0 Å². The van der Waals surface area contributed by atoms with E-state index < -0.39 is 36.4 Å². The molecule has 2 aromatic rings. The van der Waals surface area contributed by atoms with Crippen molar-refractivity contribution in [1.29, 1.82) is 0 Å². The molecule has 6 N–H and O–H groups in total.